The smallest absolute Gasteiger partial charge is 0.188 e. The van der Waals surface area contributed by atoms with E-state index in [2.05, 4.69) is 10.3 Å². The van der Waals surface area contributed by atoms with E-state index in [-0.39, 0.29) is 35.9 Å². The predicted molar refractivity (Wildman–Crippen MR) is 118 cm³/mol. The number of hydrogen-bond donors (Lipinski definition) is 3. The molecule has 7 nitrogen and oxygen atoms in total. The zero-order chi connectivity index (χ0) is 21.9. The van der Waals surface area contributed by atoms with Crippen LogP contribution in [0.15, 0.2) is 23.2 Å². The first-order valence-corrected chi connectivity index (χ1v) is 10.9. The molecule has 1 aliphatic rings. The Morgan fingerprint density at radius 2 is 1.97 bits per heavy atom. The molecule has 4 N–H and O–H groups in total. The van der Waals surface area contributed by atoms with Gasteiger partial charge in [-0.3, -0.25) is 14.6 Å². The largest absolute Gasteiger partial charge is 0.504 e. The molecule has 0 aliphatic heterocycles. The number of benzene rings is 1. The van der Waals surface area contributed by atoms with Gasteiger partial charge >= 0.3 is 0 Å². The van der Waals surface area contributed by atoms with Gasteiger partial charge in [-0.1, -0.05) is 6.07 Å². The molecule has 0 aromatic heterocycles. The highest BCUT2D eigenvalue weighted by Gasteiger charge is 2.18. The Hall–Kier alpha value is -2.57. The summed E-state index contributed by atoms with van der Waals surface area (Å²) in [6, 6.07) is 5.35. The number of aromatic hydroxyl groups is 1. The van der Waals surface area contributed by atoms with Gasteiger partial charge in [0.25, 0.3) is 0 Å². The number of ketones is 2. The molecule has 1 aromatic carbocycles. The number of phenols is 1. The summed E-state index contributed by atoms with van der Waals surface area (Å²) in [6.07, 6.45) is 7.19. The number of aliphatic imine (C=N–C) groups is 1. The van der Waals surface area contributed by atoms with Crippen molar-refractivity contribution >= 4 is 17.5 Å². The van der Waals surface area contributed by atoms with E-state index in [0.29, 0.717) is 37.4 Å². The maximum absolute atomic E-state index is 12.2. The summed E-state index contributed by atoms with van der Waals surface area (Å²) in [4.78, 5) is 28.1. The van der Waals surface area contributed by atoms with Gasteiger partial charge in [0.2, 0.25) is 0 Å². The standard InChI is InChI=1S/C23H35N3O4/c1-16(26-23(24)25-2)6-5-7-18(27)15-19(28)12-10-17-11-13-21(29)22(14-17)30-20-8-3-4-9-20/h11,13-14,16,20,29H,3-10,12,15H2,1-2H3,(H3,24,25,26)/t16-/m1/s1. The molecule has 1 atom stereocenters. The molecule has 1 fully saturated rings. The Morgan fingerprint density at radius 1 is 1.27 bits per heavy atom. The van der Waals surface area contributed by atoms with Gasteiger partial charge in [0, 0.05) is 25.9 Å². The third kappa shape index (κ3) is 8.43. The summed E-state index contributed by atoms with van der Waals surface area (Å²) in [6.45, 7) is 1.98. The van der Waals surface area contributed by atoms with Crippen LogP contribution in [-0.4, -0.2) is 41.8 Å². The van der Waals surface area contributed by atoms with Gasteiger partial charge < -0.3 is 20.9 Å². The molecular formula is C23H35N3O4. The number of nitrogens with one attached hydrogen (secondary N) is 1. The minimum atomic E-state index is -0.0557. The number of carbonyl (C=O) groups excluding carboxylic acids is 2. The van der Waals surface area contributed by atoms with E-state index in [1.165, 1.54) is 0 Å². The lowest BCUT2D eigenvalue weighted by atomic mass is 10.0. The van der Waals surface area contributed by atoms with Crippen molar-refractivity contribution in [1.82, 2.24) is 5.32 Å². The first kappa shape index (κ1) is 23.7. The van der Waals surface area contributed by atoms with Gasteiger partial charge in [-0.25, -0.2) is 0 Å². The van der Waals surface area contributed by atoms with E-state index >= 15 is 0 Å². The summed E-state index contributed by atoms with van der Waals surface area (Å²) >= 11 is 0. The molecule has 0 amide bonds. The van der Waals surface area contributed by atoms with Crippen molar-refractivity contribution in [2.24, 2.45) is 10.7 Å². The van der Waals surface area contributed by atoms with Crippen molar-refractivity contribution in [2.45, 2.75) is 83.3 Å². The highest BCUT2D eigenvalue weighted by Crippen LogP contribution is 2.32. The van der Waals surface area contributed by atoms with E-state index in [9.17, 15) is 14.7 Å². The molecule has 0 unspecified atom stereocenters. The molecule has 0 spiro atoms. The van der Waals surface area contributed by atoms with Gasteiger partial charge in [0.05, 0.1) is 12.5 Å². The van der Waals surface area contributed by atoms with E-state index in [0.717, 1.165) is 37.7 Å². The molecule has 0 bridgehead atoms. The van der Waals surface area contributed by atoms with Crippen LogP contribution in [0.1, 0.15) is 70.3 Å². The first-order chi connectivity index (χ1) is 14.4. The number of nitrogens with two attached hydrogens (primary N) is 1. The maximum atomic E-state index is 12.2. The van der Waals surface area contributed by atoms with Crippen LogP contribution in [0.5, 0.6) is 11.5 Å². The molecule has 0 saturated heterocycles. The van der Waals surface area contributed by atoms with Crippen molar-refractivity contribution in [1.29, 1.82) is 0 Å². The number of rotatable bonds is 12. The molecule has 0 heterocycles. The van der Waals surface area contributed by atoms with Gasteiger partial charge in [0.15, 0.2) is 17.5 Å². The number of guanidine groups is 1. The minimum Gasteiger partial charge on any atom is -0.504 e. The fourth-order valence-electron chi connectivity index (χ4n) is 3.67. The number of carbonyl (C=O) groups is 2. The van der Waals surface area contributed by atoms with Crippen LogP contribution in [0.25, 0.3) is 0 Å². The summed E-state index contributed by atoms with van der Waals surface area (Å²) in [7, 11) is 1.62. The van der Waals surface area contributed by atoms with Crippen molar-refractivity contribution in [2.75, 3.05) is 7.05 Å². The number of nitrogens with zero attached hydrogens (tertiary/aromatic N) is 1. The lowest BCUT2D eigenvalue weighted by Crippen LogP contribution is -2.38. The maximum Gasteiger partial charge on any atom is 0.188 e. The Kier molecular flexibility index (Phi) is 9.64. The van der Waals surface area contributed by atoms with E-state index < -0.39 is 0 Å². The Balaban J connectivity index is 1.70. The van der Waals surface area contributed by atoms with Crippen LogP contribution in [0.4, 0.5) is 0 Å². The number of aryl methyl sites for hydroxylation is 1. The molecule has 0 radical (unpaired) electrons. The molecule has 166 valence electrons. The van der Waals surface area contributed by atoms with Crippen LogP contribution in [0, 0.1) is 0 Å². The van der Waals surface area contributed by atoms with Gasteiger partial charge in [-0.15, -0.1) is 0 Å². The lowest BCUT2D eigenvalue weighted by Gasteiger charge is -2.15. The van der Waals surface area contributed by atoms with Crippen LogP contribution in [-0.2, 0) is 16.0 Å². The quantitative estimate of drug-likeness (QED) is 0.273. The van der Waals surface area contributed by atoms with Gasteiger partial charge in [-0.05, 0) is 69.6 Å². The van der Waals surface area contributed by atoms with Crippen LogP contribution < -0.4 is 15.8 Å². The van der Waals surface area contributed by atoms with Crippen molar-refractivity contribution in [3.05, 3.63) is 23.8 Å². The molecule has 1 aromatic rings. The van der Waals surface area contributed by atoms with Gasteiger partial charge in [-0.2, -0.15) is 0 Å². The molecule has 1 aliphatic carbocycles. The highest BCUT2D eigenvalue weighted by atomic mass is 16.5. The van der Waals surface area contributed by atoms with Crippen LogP contribution in [0.3, 0.4) is 0 Å². The van der Waals surface area contributed by atoms with Crippen molar-refractivity contribution in [3.8, 4) is 11.5 Å². The highest BCUT2D eigenvalue weighted by molar-refractivity contribution is 5.99. The van der Waals surface area contributed by atoms with E-state index in [4.69, 9.17) is 10.5 Å². The SMILES string of the molecule is CN=C(N)N[C@H](C)CCCC(=O)CC(=O)CCc1ccc(O)c(OC2CCCC2)c1. The zero-order valence-corrected chi connectivity index (χ0v) is 18.2. The second-order valence-electron chi connectivity index (χ2n) is 8.13. The van der Waals surface area contributed by atoms with Crippen molar-refractivity contribution in [3.63, 3.8) is 0 Å². The van der Waals surface area contributed by atoms with E-state index in [1.807, 2.05) is 13.0 Å². The molecule has 30 heavy (non-hydrogen) atoms. The van der Waals surface area contributed by atoms with E-state index in [1.54, 1.807) is 19.2 Å². The fraction of sp³-hybridized carbons (Fsp3) is 0.609. The van der Waals surface area contributed by atoms with Crippen molar-refractivity contribution < 1.29 is 19.4 Å². The molecule has 7 heteroatoms. The average Bonchev–Trinajstić information content (AvgIpc) is 3.21. The third-order valence-electron chi connectivity index (χ3n) is 5.43. The Labute approximate surface area is 179 Å². The summed E-state index contributed by atoms with van der Waals surface area (Å²) in [5.74, 6) is 0.914. The predicted octanol–water partition coefficient (Wildman–Crippen LogP) is 3.27. The summed E-state index contributed by atoms with van der Waals surface area (Å²) in [5, 5.41) is 13.1. The summed E-state index contributed by atoms with van der Waals surface area (Å²) < 4.78 is 5.90. The fourth-order valence-corrected chi connectivity index (χ4v) is 3.67. The second kappa shape index (κ2) is 12.2. The Morgan fingerprint density at radius 3 is 2.67 bits per heavy atom. The van der Waals surface area contributed by atoms with Crippen LogP contribution in [0.2, 0.25) is 0 Å². The topological polar surface area (TPSA) is 114 Å². The molecular weight excluding hydrogens is 382 g/mol. The van der Waals surface area contributed by atoms with Crippen LogP contribution >= 0.6 is 0 Å². The Bertz CT molecular complexity index is 742. The number of Topliss-reactive ketones (excluding diaryl/α,β-unsaturated/α-hetero) is 2. The second-order valence-corrected chi connectivity index (χ2v) is 8.13. The first-order valence-electron chi connectivity index (χ1n) is 10.9. The lowest BCUT2D eigenvalue weighted by molar-refractivity contribution is -0.127. The number of phenolic OH excluding ortho intramolecular Hbond substituents is 1. The monoisotopic (exact) mass is 417 g/mol. The third-order valence-corrected chi connectivity index (χ3v) is 5.43. The number of hydrogen-bond acceptors (Lipinski definition) is 5. The zero-order valence-electron chi connectivity index (χ0n) is 18.2. The molecule has 1 saturated carbocycles. The number of ether oxygens (including phenoxy) is 1. The minimum absolute atomic E-state index is 0.0239. The summed E-state index contributed by atoms with van der Waals surface area (Å²) in [5.41, 5.74) is 6.54. The average molecular weight is 418 g/mol. The molecule has 2 rings (SSSR count). The normalized spacial score (nSPS) is 15.7. The van der Waals surface area contributed by atoms with Gasteiger partial charge in [0.1, 0.15) is 11.6 Å².